The van der Waals surface area contributed by atoms with Crippen LogP contribution in [0.3, 0.4) is 0 Å². The standard InChI is InChI=1S/C18H23ClN2O4S/c1-11-8-12(2)15(14(19)9-11)20-16(22)18(5-6-18)17(23)21(3)13-4-7-26(24,25)10-13/h8-9,13H,4-7,10H2,1-3H3,(H,20,22). The van der Waals surface area contributed by atoms with Crippen LogP contribution in [0.4, 0.5) is 5.69 Å². The highest BCUT2D eigenvalue weighted by atomic mass is 35.5. The van der Waals surface area contributed by atoms with Crippen molar-refractivity contribution in [3.05, 3.63) is 28.3 Å². The Morgan fingerprint density at radius 2 is 1.92 bits per heavy atom. The van der Waals surface area contributed by atoms with Gasteiger partial charge in [0, 0.05) is 13.1 Å². The molecule has 1 aliphatic heterocycles. The lowest BCUT2D eigenvalue weighted by atomic mass is 10.0. The minimum absolute atomic E-state index is 0.0319. The molecular formula is C18H23ClN2O4S. The van der Waals surface area contributed by atoms with E-state index in [-0.39, 0.29) is 29.4 Å². The number of amides is 2. The third kappa shape index (κ3) is 3.47. The Morgan fingerprint density at radius 1 is 1.27 bits per heavy atom. The SMILES string of the molecule is Cc1cc(C)c(NC(=O)C2(C(=O)N(C)C3CCS(=O)(=O)C3)CC2)c(Cl)c1. The van der Waals surface area contributed by atoms with Crippen molar-refractivity contribution < 1.29 is 18.0 Å². The molecule has 1 saturated heterocycles. The lowest BCUT2D eigenvalue weighted by Crippen LogP contribution is -2.46. The zero-order chi connectivity index (χ0) is 19.3. The normalized spacial score (nSPS) is 22.7. The average molecular weight is 399 g/mol. The molecule has 2 aliphatic rings. The van der Waals surface area contributed by atoms with Gasteiger partial charge < -0.3 is 10.2 Å². The van der Waals surface area contributed by atoms with E-state index >= 15 is 0 Å². The molecule has 3 rings (SSSR count). The largest absolute Gasteiger partial charge is 0.341 e. The van der Waals surface area contributed by atoms with Crippen molar-refractivity contribution in [3.63, 3.8) is 0 Å². The summed E-state index contributed by atoms with van der Waals surface area (Å²) in [6.07, 6.45) is 1.35. The average Bonchev–Trinajstić information content (AvgIpc) is 3.28. The number of rotatable bonds is 4. The summed E-state index contributed by atoms with van der Waals surface area (Å²) < 4.78 is 23.4. The van der Waals surface area contributed by atoms with Gasteiger partial charge in [0.05, 0.1) is 22.2 Å². The van der Waals surface area contributed by atoms with Crippen LogP contribution >= 0.6 is 11.6 Å². The lowest BCUT2D eigenvalue weighted by Gasteiger charge is -2.28. The number of aryl methyl sites for hydroxylation is 2. The van der Waals surface area contributed by atoms with Crippen LogP contribution in [-0.2, 0) is 19.4 Å². The number of sulfone groups is 1. The Bertz CT molecular complexity index is 854. The lowest BCUT2D eigenvalue weighted by molar-refractivity contribution is -0.142. The second kappa shape index (κ2) is 6.53. The van der Waals surface area contributed by atoms with Gasteiger partial charge in [-0.25, -0.2) is 8.42 Å². The van der Waals surface area contributed by atoms with E-state index in [1.54, 1.807) is 13.1 Å². The van der Waals surface area contributed by atoms with E-state index in [1.165, 1.54) is 4.90 Å². The highest BCUT2D eigenvalue weighted by Gasteiger charge is 2.58. The van der Waals surface area contributed by atoms with Crippen LogP contribution in [0, 0.1) is 19.3 Å². The van der Waals surface area contributed by atoms with E-state index in [4.69, 9.17) is 11.6 Å². The fourth-order valence-electron chi connectivity index (χ4n) is 3.55. The van der Waals surface area contributed by atoms with Crippen molar-refractivity contribution >= 4 is 38.9 Å². The molecule has 0 aromatic heterocycles. The molecule has 1 unspecified atom stereocenters. The molecule has 1 aromatic carbocycles. The number of nitrogens with one attached hydrogen (secondary N) is 1. The molecular weight excluding hydrogens is 376 g/mol. The van der Waals surface area contributed by atoms with Crippen LogP contribution in [0.25, 0.3) is 0 Å². The van der Waals surface area contributed by atoms with E-state index in [0.717, 1.165) is 11.1 Å². The van der Waals surface area contributed by atoms with Crippen LogP contribution in [0.1, 0.15) is 30.4 Å². The molecule has 142 valence electrons. The van der Waals surface area contributed by atoms with Crippen molar-refractivity contribution in [1.82, 2.24) is 4.90 Å². The predicted molar refractivity (Wildman–Crippen MR) is 101 cm³/mol. The first kappa shape index (κ1) is 19.2. The summed E-state index contributed by atoms with van der Waals surface area (Å²) in [5, 5.41) is 3.25. The quantitative estimate of drug-likeness (QED) is 0.789. The second-order valence-corrected chi connectivity index (χ2v) is 10.1. The van der Waals surface area contributed by atoms with E-state index < -0.39 is 15.3 Å². The first-order valence-electron chi connectivity index (χ1n) is 8.62. The zero-order valence-electron chi connectivity index (χ0n) is 15.1. The smallest absolute Gasteiger partial charge is 0.240 e. The van der Waals surface area contributed by atoms with E-state index in [9.17, 15) is 18.0 Å². The fourth-order valence-corrected chi connectivity index (χ4v) is 5.70. The topological polar surface area (TPSA) is 83.6 Å². The molecule has 2 fully saturated rings. The Balaban J connectivity index is 1.76. The van der Waals surface area contributed by atoms with Crippen molar-refractivity contribution in [2.75, 3.05) is 23.9 Å². The second-order valence-electron chi connectivity index (χ2n) is 7.45. The fraction of sp³-hybridized carbons (Fsp3) is 0.556. The van der Waals surface area contributed by atoms with E-state index in [2.05, 4.69) is 5.32 Å². The monoisotopic (exact) mass is 398 g/mol. The number of nitrogens with zero attached hydrogens (tertiary/aromatic N) is 1. The van der Waals surface area contributed by atoms with Crippen molar-refractivity contribution in [1.29, 1.82) is 0 Å². The maximum atomic E-state index is 12.9. The van der Waals surface area contributed by atoms with Gasteiger partial charge in [-0.15, -0.1) is 0 Å². The molecule has 1 saturated carbocycles. The summed E-state index contributed by atoms with van der Waals surface area (Å²) in [7, 11) is -1.51. The maximum absolute atomic E-state index is 12.9. The number of carbonyl (C=O) groups excluding carboxylic acids is 2. The minimum atomic E-state index is -3.10. The molecule has 1 aliphatic carbocycles. The maximum Gasteiger partial charge on any atom is 0.240 e. The number of carbonyl (C=O) groups is 2. The Morgan fingerprint density at radius 3 is 2.42 bits per heavy atom. The number of anilines is 1. The highest BCUT2D eigenvalue weighted by molar-refractivity contribution is 7.91. The molecule has 1 aromatic rings. The summed E-state index contributed by atoms with van der Waals surface area (Å²) in [6, 6.07) is 3.32. The summed E-state index contributed by atoms with van der Waals surface area (Å²) in [5.41, 5.74) is 1.24. The third-order valence-corrected chi connectivity index (χ3v) is 7.39. The van der Waals surface area contributed by atoms with Crippen molar-refractivity contribution in [2.24, 2.45) is 5.41 Å². The summed E-state index contributed by atoms with van der Waals surface area (Å²) in [6.45, 7) is 3.77. The Kier molecular flexibility index (Phi) is 4.82. The van der Waals surface area contributed by atoms with Crippen LogP contribution < -0.4 is 5.32 Å². The first-order chi connectivity index (χ1) is 12.1. The van der Waals surface area contributed by atoms with Crippen molar-refractivity contribution in [3.8, 4) is 0 Å². The van der Waals surface area contributed by atoms with Crippen LogP contribution in [0.5, 0.6) is 0 Å². The van der Waals surface area contributed by atoms with E-state index in [0.29, 0.717) is 30.0 Å². The number of hydrogen-bond acceptors (Lipinski definition) is 4. The molecule has 0 radical (unpaired) electrons. The molecule has 0 bridgehead atoms. The minimum Gasteiger partial charge on any atom is -0.341 e. The van der Waals surface area contributed by atoms with Gasteiger partial charge in [0.2, 0.25) is 11.8 Å². The van der Waals surface area contributed by atoms with Gasteiger partial charge in [0.25, 0.3) is 0 Å². The molecule has 1 heterocycles. The van der Waals surface area contributed by atoms with E-state index in [1.807, 2.05) is 19.9 Å². The van der Waals surface area contributed by atoms with Crippen LogP contribution in [0.15, 0.2) is 12.1 Å². The summed E-state index contributed by atoms with van der Waals surface area (Å²) in [5.74, 6) is -0.621. The van der Waals surface area contributed by atoms with Crippen LogP contribution in [0.2, 0.25) is 5.02 Å². The molecule has 2 amide bonds. The number of halogens is 1. The zero-order valence-corrected chi connectivity index (χ0v) is 16.7. The van der Waals surface area contributed by atoms with Gasteiger partial charge >= 0.3 is 0 Å². The molecule has 1 N–H and O–H groups in total. The van der Waals surface area contributed by atoms with Crippen molar-refractivity contribution in [2.45, 2.75) is 39.2 Å². The molecule has 0 spiro atoms. The van der Waals surface area contributed by atoms with Gasteiger partial charge in [-0.05, 0) is 50.3 Å². The first-order valence-corrected chi connectivity index (χ1v) is 10.8. The summed E-state index contributed by atoms with van der Waals surface area (Å²) >= 11 is 6.25. The molecule has 8 heteroatoms. The summed E-state index contributed by atoms with van der Waals surface area (Å²) in [4.78, 5) is 27.2. The van der Waals surface area contributed by atoms with Gasteiger partial charge in [0.15, 0.2) is 9.84 Å². The van der Waals surface area contributed by atoms with Gasteiger partial charge in [0.1, 0.15) is 5.41 Å². The Labute approximate surface area is 158 Å². The molecule has 6 nitrogen and oxygen atoms in total. The Hall–Kier alpha value is -1.60. The van der Waals surface area contributed by atoms with Crippen LogP contribution in [-0.4, -0.2) is 49.7 Å². The molecule has 1 atom stereocenters. The highest BCUT2D eigenvalue weighted by Crippen LogP contribution is 2.49. The molecule has 26 heavy (non-hydrogen) atoms. The third-order valence-electron chi connectivity index (χ3n) is 5.34. The van der Waals surface area contributed by atoms with Gasteiger partial charge in [-0.1, -0.05) is 17.7 Å². The van der Waals surface area contributed by atoms with Gasteiger partial charge in [-0.2, -0.15) is 0 Å². The van der Waals surface area contributed by atoms with Gasteiger partial charge in [-0.3, -0.25) is 9.59 Å². The number of benzene rings is 1. The predicted octanol–water partition coefficient (Wildman–Crippen LogP) is 2.32. The number of hydrogen-bond donors (Lipinski definition) is 1.